The van der Waals surface area contributed by atoms with Gasteiger partial charge in [0, 0.05) is 32.9 Å². The van der Waals surface area contributed by atoms with E-state index < -0.39 is 8.07 Å². The van der Waals surface area contributed by atoms with E-state index in [1.807, 2.05) is 6.07 Å². The Morgan fingerprint density at radius 2 is 0.983 bits per heavy atom. The predicted octanol–water partition coefficient (Wildman–Crippen LogP) is 9.10. The molecule has 59 heavy (non-hydrogen) atoms. The molecule has 0 saturated carbocycles. The van der Waals surface area contributed by atoms with E-state index in [0.717, 1.165) is 56.1 Å². The normalized spacial score (nSPS) is 12.6. The molecule has 3 heterocycles. The predicted molar refractivity (Wildman–Crippen MR) is 247 cm³/mol. The molecule has 0 amide bonds. The molecule has 5 heteroatoms. The number of ether oxygens (including phenoxy) is 1. The number of rotatable bonds is 6. The van der Waals surface area contributed by atoms with E-state index in [0.29, 0.717) is 0 Å². The molecular weight excluding hydrogens is 733 g/mol. The summed E-state index contributed by atoms with van der Waals surface area (Å²) in [6, 6.07) is 79.4. The van der Waals surface area contributed by atoms with Crippen molar-refractivity contribution in [3.05, 3.63) is 218 Å². The Balaban J connectivity index is 1.07. The highest BCUT2D eigenvalue weighted by Gasteiger charge is 2.44. The van der Waals surface area contributed by atoms with Gasteiger partial charge in [0.25, 0.3) is 0 Å². The lowest BCUT2D eigenvalue weighted by Crippen LogP contribution is -2.74. The number of hydrogen-bond donors (Lipinski definition) is 0. The smallest absolute Gasteiger partial charge is 0.434 e. The first-order valence-corrected chi connectivity index (χ1v) is 22.3. The summed E-state index contributed by atoms with van der Waals surface area (Å²) in [6.07, 6.45) is 0. The van der Waals surface area contributed by atoms with Crippen molar-refractivity contribution in [2.75, 3.05) is 0 Å². The summed E-state index contributed by atoms with van der Waals surface area (Å²) in [5.74, 6) is 2.55. The van der Waals surface area contributed by atoms with Crippen LogP contribution in [0.5, 0.6) is 17.2 Å². The molecule has 0 saturated heterocycles. The van der Waals surface area contributed by atoms with Crippen molar-refractivity contribution in [2.24, 2.45) is 0 Å². The van der Waals surface area contributed by atoms with Crippen LogP contribution in [0.1, 0.15) is 0 Å². The first kappa shape index (κ1) is 33.8. The number of benzene rings is 9. The van der Waals surface area contributed by atoms with E-state index in [9.17, 15) is 0 Å². The van der Waals surface area contributed by atoms with Crippen LogP contribution in [0, 0.1) is 0 Å². The molecular formula is C54H36BNO2Si. The molecule has 12 rings (SSSR count). The lowest BCUT2D eigenvalue weighted by molar-refractivity contribution is 0.479. The zero-order valence-corrected chi connectivity index (χ0v) is 33.1. The number of hydrogen-bond acceptors (Lipinski definition) is 2. The van der Waals surface area contributed by atoms with E-state index in [2.05, 4.69) is 217 Å². The summed E-state index contributed by atoms with van der Waals surface area (Å²) in [5, 5.41) is 7.77. The zero-order valence-electron chi connectivity index (χ0n) is 32.1. The Kier molecular flexibility index (Phi) is 7.65. The minimum Gasteiger partial charge on any atom is -0.551 e. The van der Waals surface area contributed by atoms with E-state index in [1.165, 1.54) is 42.6 Å². The zero-order chi connectivity index (χ0) is 38.9. The van der Waals surface area contributed by atoms with Crippen molar-refractivity contribution in [1.82, 2.24) is 4.57 Å². The molecule has 0 fully saturated rings. The average Bonchev–Trinajstić information content (AvgIpc) is 3.65. The highest BCUT2D eigenvalue weighted by atomic mass is 28.3. The highest BCUT2D eigenvalue weighted by Crippen LogP contribution is 2.42. The maximum Gasteiger partial charge on any atom is 0.434 e. The fraction of sp³-hybridized carbons (Fsp3) is 0. The molecule has 2 aliphatic heterocycles. The fourth-order valence-electron chi connectivity index (χ4n) is 9.85. The maximum absolute atomic E-state index is 7.24. The maximum atomic E-state index is 7.24. The first-order chi connectivity index (χ1) is 29.3. The molecule has 0 unspecified atom stereocenters. The minimum atomic E-state index is -2.79. The van der Waals surface area contributed by atoms with Gasteiger partial charge in [-0.2, -0.15) is 0 Å². The number of fused-ring (bicyclic) bond motifs is 7. The summed E-state index contributed by atoms with van der Waals surface area (Å²) in [6.45, 7) is -0.313. The minimum absolute atomic E-state index is 0.313. The highest BCUT2D eigenvalue weighted by molar-refractivity contribution is 7.20. The van der Waals surface area contributed by atoms with Crippen LogP contribution < -0.4 is 41.1 Å². The van der Waals surface area contributed by atoms with Gasteiger partial charge in [0.2, 0.25) is 0 Å². The van der Waals surface area contributed by atoms with Crippen LogP contribution in [0.3, 0.4) is 0 Å². The summed E-state index contributed by atoms with van der Waals surface area (Å²) in [5.41, 5.74) is 10.0. The Labute approximate surface area is 344 Å². The molecule has 2 aliphatic rings. The van der Waals surface area contributed by atoms with Gasteiger partial charge in [-0.15, -0.1) is 0 Å². The van der Waals surface area contributed by atoms with Crippen LogP contribution in [0.25, 0.3) is 49.7 Å². The van der Waals surface area contributed by atoms with Gasteiger partial charge in [-0.3, -0.25) is 0 Å². The van der Waals surface area contributed by atoms with Gasteiger partial charge in [0.05, 0.1) is 11.0 Å². The third-order valence-electron chi connectivity index (χ3n) is 12.4. The molecule has 276 valence electrons. The van der Waals surface area contributed by atoms with Gasteiger partial charge < -0.3 is 14.0 Å². The summed E-state index contributed by atoms with van der Waals surface area (Å²) >= 11 is 0. The van der Waals surface area contributed by atoms with Crippen molar-refractivity contribution in [3.8, 4) is 45.2 Å². The van der Waals surface area contributed by atoms with Crippen LogP contribution >= 0.6 is 0 Å². The summed E-state index contributed by atoms with van der Waals surface area (Å²) in [4.78, 5) is 0. The van der Waals surface area contributed by atoms with Gasteiger partial charge >= 0.3 is 6.92 Å². The van der Waals surface area contributed by atoms with Gasteiger partial charge in [0.1, 0.15) is 17.2 Å². The topological polar surface area (TPSA) is 23.4 Å². The first-order valence-electron chi connectivity index (χ1n) is 20.3. The van der Waals surface area contributed by atoms with Crippen molar-refractivity contribution in [1.29, 1.82) is 0 Å². The van der Waals surface area contributed by atoms with Gasteiger partial charge in [0.15, 0.2) is 8.07 Å². The lowest BCUT2D eigenvalue weighted by atomic mass is 9.50. The van der Waals surface area contributed by atoms with E-state index in [-0.39, 0.29) is 6.92 Å². The lowest BCUT2D eigenvalue weighted by Gasteiger charge is -2.37. The summed E-state index contributed by atoms with van der Waals surface area (Å²) in [7, 11) is -2.79. The molecule has 0 bridgehead atoms. The summed E-state index contributed by atoms with van der Waals surface area (Å²) < 4.78 is 16.4. The molecule has 9 aromatic carbocycles. The van der Waals surface area contributed by atoms with Crippen molar-refractivity contribution in [3.63, 3.8) is 0 Å². The monoisotopic (exact) mass is 769 g/mol. The molecule has 3 nitrogen and oxygen atoms in total. The van der Waals surface area contributed by atoms with E-state index >= 15 is 0 Å². The van der Waals surface area contributed by atoms with Crippen molar-refractivity contribution < 1.29 is 9.39 Å². The van der Waals surface area contributed by atoms with Crippen LogP contribution in [0.2, 0.25) is 0 Å². The molecule has 0 aliphatic carbocycles. The Hall–Kier alpha value is -7.34. The third-order valence-corrected chi connectivity index (χ3v) is 17.2. The van der Waals surface area contributed by atoms with Gasteiger partial charge in [-0.05, 0) is 86.0 Å². The van der Waals surface area contributed by atoms with Gasteiger partial charge in [-0.1, -0.05) is 170 Å². The Bertz CT molecular complexity index is 3090. The molecule has 1 aromatic heterocycles. The molecule has 10 aromatic rings. The van der Waals surface area contributed by atoms with Gasteiger partial charge in [-0.25, -0.2) is 0 Å². The van der Waals surface area contributed by atoms with Crippen LogP contribution in [-0.4, -0.2) is 19.6 Å². The van der Waals surface area contributed by atoms with E-state index in [4.69, 9.17) is 9.39 Å². The van der Waals surface area contributed by atoms with Crippen LogP contribution in [0.4, 0.5) is 0 Å². The largest absolute Gasteiger partial charge is 0.551 e. The number of aromatic nitrogens is 1. The standard InChI is InChI=1S/C54H36BNO2Si/c1-4-19-40(20-5-1)59(41-21-6-2-7-22-41,42-23-8-3-9-24-42)43-31-32-46-47-34-38(35-53-54(47)55(58-52(46)36-43)48-27-12-15-30-51(48)57-53)37-17-16-18-39(33-37)56-49-28-13-10-25-44(49)45-26-11-14-29-50(45)56/h1-36H. The van der Waals surface area contributed by atoms with Crippen LogP contribution in [-0.2, 0) is 0 Å². The second-order valence-corrected chi connectivity index (χ2v) is 19.4. The van der Waals surface area contributed by atoms with Crippen molar-refractivity contribution >= 4 is 68.5 Å². The second kappa shape index (κ2) is 13.4. The number of nitrogens with zero attached hydrogens (tertiary/aromatic N) is 1. The number of para-hydroxylation sites is 3. The quantitative estimate of drug-likeness (QED) is 0.125. The molecule has 0 radical (unpaired) electrons. The van der Waals surface area contributed by atoms with E-state index in [1.54, 1.807) is 0 Å². The molecule has 0 N–H and O–H groups in total. The van der Waals surface area contributed by atoms with Crippen LogP contribution in [0.15, 0.2) is 218 Å². The third kappa shape index (κ3) is 5.15. The fourth-order valence-corrected chi connectivity index (χ4v) is 14.6. The Morgan fingerprint density at radius 1 is 0.390 bits per heavy atom. The average molecular weight is 770 g/mol. The Morgan fingerprint density at radius 3 is 1.64 bits per heavy atom. The SMILES string of the molecule is c1ccc([Si](c2ccccc2)(c2ccccc2)c2ccc3c(c2)OB2c4ccccc4Oc4cc(-c5cccc(-n6c7ccccc7c7ccccc76)c5)cc-3c42)cc1. The molecule has 0 atom stereocenters. The van der Waals surface area contributed by atoms with Crippen molar-refractivity contribution in [2.45, 2.75) is 0 Å². The molecule has 0 spiro atoms. The second-order valence-electron chi connectivity index (χ2n) is 15.6.